The number of carbonyl (C=O) groups is 2. The van der Waals surface area contributed by atoms with Crippen molar-refractivity contribution in [2.75, 3.05) is 31.7 Å². The summed E-state index contributed by atoms with van der Waals surface area (Å²) < 4.78 is 10.4. The Kier molecular flexibility index (Phi) is 7.70. The van der Waals surface area contributed by atoms with Crippen LogP contribution in [0.3, 0.4) is 0 Å². The van der Waals surface area contributed by atoms with Gasteiger partial charge in [-0.1, -0.05) is 11.6 Å². The average molecular weight is 495 g/mol. The van der Waals surface area contributed by atoms with Crippen molar-refractivity contribution in [2.45, 2.75) is 12.8 Å². The lowest BCUT2D eigenvalue weighted by Gasteiger charge is -2.17. The van der Waals surface area contributed by atoms with Crippen molar-refractivity contribution in [1.82, 2.24) is 5.43 Å². The Morgan fingerprint density at radius 2 is 1.93 bits per heavy atom. The maximum atomic E-state index is 12.3. The second kappa shape index (κ2) is 10.4. The van der Waals surface area contributed by atoms with E-state index in [0.29, 0.717) is 26.4 Å². The van der Waals surface area contributed by atoms with Gasteiger partial charge in [-0.25, -0.2) is 10.2 Å². The fourth-order valence-corrected chi connectivity index (χ4v) is 4.00. The first-order chi connectivity index (χ1) is 14.5. The number of methoxy groups -OCH3 is 1. The second-order valence-electron chi connectivity index (χ2n) is 6.62. The molecule has 0 radical (unpaired) electrons. The number of halogens is 2. The average Bonchev–Trinajstić information content (AvgIpc) is 3.28. The molecule has 1 amide bonds. The zero-order valence-electron chi connectivity index (χ0n) is 16.4. The van der Waals surface area contributed by atoms with Crippen LogP contribution in [0.15, 0.2) is 46.0 Å². The molecule has 2 aromatic carbocycles. The summed E-state index contributed by atoms with van der Waals surface area (Å²) in [4.78, 5) is 25.8. The predicted molar refractivity (Wildman–Crippen MR) is 120 cm³/mol. The van der Waals surface area contributed by atoms with Crippen LogP contribution < -0.4 is 15.1 Å². The Labute approximate surface area is 188 Å². The summed E-state index contributed by atoms with van der Waals surface area (Å²) in [7, 11) is 1.28. The smallest absolute Gasteiger partial charge is 0.343 e. The van der Waals surface area contributed by atoms with E-state index in [9.17, 15) is 9.59 Å². The summed E-state index contributed by atoms with van der Waals surface area (Å²) in [5, 5.41) is 4.28. The molecule has 3 rings (SSSR count). The SMILES string of the molecule is COC(=O)COc1c(Cl)cc(/C=N\NC(=O)c2ccc(N3CCCC3)cc2)cc1Br. The van der Waals surface area contributed by atoms with Gasteiger partial charge >= 0.3 is 5.97 Å². The van der Waals surface area contributed by atoms with E-state index < -0.39 is 5.97 Å². The van der Waals surface area contributed by atoms with Crippen LogP contribution in [0.1, 0.15) is 28.8 Å². The normalized spacial score (nSPS) is 13.5. The van der Waals surface area contributed by atoms with Gasteiger partial charge in [0.05, 0.1) is 22.8 Å². The number of esters is 1. The van der Waals surface area contributed by atoms with Crippen molar-refractivity contribution in [3.8, 4) is 5.75 Å². The lowest BCUT2D eigenvalue weighted by atomic mass is 10.2. The maximum absolute atomic E-state index is 12.3. The minimum absolute atomic E-state index is 0.255. The molecule has 1 aliphatic rings. The van der Waals surface area contributed by atoms with E-state index in [0.717, 1.165) is 18.8 Å². The van der Waals surface area contributed by atoms with E-state index in [2.05, 4.69) is 36.1 Å². The van der Waals surface area contributed by atoms with Gasteiger partial charge in [-0.3, -0.25) is 4.79 Å². The highest BCUT2D eigenvalue weighted by Gasteiger charge is 2.13. The van der Waals surface area contributed by atoms with Gasteiger partial charge in [0.15, 0.2) is 12.4 Å². The molecule has 0 saturated carbocycles. The molecule has 1 heterocycles. The number of carbonyl (C=O) groups excluding carboxylic acids is 2. The van der Waals surface area contributed by atoms with Gasteiger partial charge < -0.3 is 14.4 Å². The molecule has 0 unspecified atom stereocenters. The molecule has 30 heavy (non-hydrogen) atoms. The zero-order chi connectivity index (χ0) is 21.5. The lowest BCUT2D eigenvalue weighted by Crippen LogP contribution is -2.19. The third kappa shape index (κ3) is 5.73. The van der Waals surface area contributed by atoms with E-state index >= 15 is 0 Å². The second-order valence-corrected chi connectivity index (χ2v) is 7.88. The number of nitrogens with zero attached hydrogens (tertiary/aromatic N) is 2. The summed E-state index contributed by atoms with van der Waals surface area (Å²) in [6.07, 6.45) is 3.88. The Hall–Kier alpha value is -2.58. The molecule has 0 aliphatic carbocycles. The fourth-order valence-electron chi connectivity index (χ4n) is 3.01. The quantitative estimate of drug-likeness (QED) is 0.357. The standard InChI is InChI=1S/C21H21BrClN3O4/c1-29-19(27)13-30-20-17(22)10-14(11-18(20)23)12-24-25-21(28)15-4-6-16(7-5-15)26-8-2-3-9-26/h4-7,10-12H,2-3,8-9,13H2,1H3,(H,25,28)/b24-12-. The van der Waals surface area contributed by atoms with Crippen molar-refractivity contribution >= 4 is 51.3 Å². The minimum Gasteiger partial charge on any atom is -0.479 e. The van der Waals surface area contributed by atoms with E-state index in [1.165, 1.54) is 26.2 Å². The van der Waals surface area contributed by atoms with Crippen molar-refractivity contribution < 1.29 is 19.1 Å². The number of benzene rings is 2. The predicted octanol–water partition coefficient (Wildman–Crippen LogP) is 4.02. The first-order valence-corrected chi connectivity index (χ1v) is 10.5. The van der Waals surface area contributed by atoms with Crippen LogP contribution in [-0.2, 0) is 9.53 Å². The van der Waals surface area contributed by atoms with Crippen LogP contribution in [0.5, 0.6) is 5.75 Å². The van der Waals surface area contributed by atoms with Gasteiger partial charge in [0, 0.05) is 24.3 Å². The van der Waals surface area contributed by atoms with Gasteiger partial charge in [0.2, 0.25) is 0 Å². The first-order valence-electron chi connectivity index (χ1n) is 9.35. The topological polar surface area (TPSA) is 80.2 Å². The third-order valence-corrected chi connectivity index (χ3v) is 5.43. The molecule has 0 spiro atoms. The summed E-state index contributed by atoms with van der Waals surface area (Å²) >= 11 is 9.55. The Balaban J connectivity index is 1.59. The number of amides is 1. The molecule has 1 N–H and O–H groups in total. The van der Waals surface area contributed by atoms with Gasteiger partial charge in [0.1, 0.15) is 0 Å². The molecular formula is C21H21BrClN3O4. The number of hydrazone groups is 1. The molecule has 2 aromatic rings. The third-order valence-electron chi connectivity index (χ3n) is 4.56. The molecule has 0 aromatic heterocycles. The minimum atomic E-state index is -0.514. The van der Waals surface area contributed by atoms with Crippen molar-refractivity contribution in [1.29, 1.82) is 0 Å². The van der Waals surface area contributed by atoms with Crippen LogP contribution in [0.4, 0.5) is 5.69 Å². The molecule has 7 nitrogen and oxygen atoms in total. The zero-order valence-corrected chi connectivity index (χ0v) is 18.7. The number of rotatable bonds is 7. The van der Waals surface area contributed by atoms with Crippen LogP contribution in [0.2, 0.25) is 5.02 Å². The van der Waals surface area contributed by atoms with Crippen molar-refractivity contribution in [3.63, 3.8) is 0 Å². The number of nitrogens with one attached hydrogen (secondary N) is 1. The fraction of sp³-hybridized carbons (Fsp3) is 0.286. The first kappa shape index (κ1) is 22.1. The summed E-state index contributed by atoms with van der Waals surface area (Å²) in [6.45, 7) is 1.86. The summed E-state index contributed by atoms with van der Waals surface area (Å²) in [5.41, 5.74) is 4.80. The molecule has 0 atom stereocenters. The lowest BCUT2D eigenvalue weighted by molar-refractivity contribution is -0.142. The van der Waals surface area contributed by atoms with E-state index in [-0.39, 0.29) is 12.5 Å². The molecule has 1 saturated heterocycles. The maximum Gasteiger partial charge on any atom is 0.343 e. The van der Waals surface area contributed by atoms with Gasteiger partial charge in [-0.15, -0.1) is 0 Å². The van der Waals surface area contributed by atoms with Crippen LogP contribution in [-0.4, -0.2) is 44.9 Å². The van der Waals surface area contributed by atoms with Crippen LogP contribution in [0.25, 0.3) is 0 Å². The van der Waals surface area contributed by atoms with Crippen LogP contribution in [0, 0.1) is 0 Å². The van der Waals surface area contributed by atoms with Crippen molar-refractivity contribution in [3.05, 3.63) is 57.0 Å². The highest BCUT2D eigenvalue weighted by molar-refractivity contribution is 9.10. The molecule has 1 fully saturated rings. The van der Waals surface area contributed by atoms with Gasteiger partial charge in [-0.2, -0.15) is 5.10 Å². The number of ether oxygens (including phenoxy) is 2. The van der Waals surface area contributed by atoms with Gasteiger partial charge in [0.25, 0.3) is 5.91 Å². The molecule has 9 heteroatoms. The highest BCUT2D eigenvalue weighted by Crippen LogP contribution is 2.34. The number of anilines is 1. The van der Waals surface area contributed by atoms with Crippen molar-refractivity contribution in [2.24, 2.45) is 5.10 Å². The van der Waals surface area contributed by atoms with E-state index in [1.54, 1.807) is 24.3 Å². The Morgan fingerprint density at radius 3 is 2.57 bits per heavy atom. The Morgan fingerprint density at radius 1 is 1.23 bits per heavy atom. The number of hydrogen-bond acceptors (Lipinski definition) is 6. The molecule has 158 valence electrons. The van der Waals surface area contributed by atoms with Gasteiger partial charge in [-0.05, 0) is 70.7 Å². The van der Waals surface area contributed by atoms with E-state index in [1.807, 2.05) is 12.1 Å². The summed E-state index contributed by atoms with van der Waals surface area (Å²) in [6, 6.07) is 10.8. The number of hydrogen-bond donors (Lipinski definition) is 1. The molecule has 1 aliphatic heterocycles. The summed E-state index contributed by atoms with van der Waals surface area (Å²) in [5.74, 6) is -0.497. The molecular weight excluding hydrogens is 474 g/mol. The van der Waals surface area contributed by atoms with Crippen LogP contribution >= 0.6 is 27.5 Å². The largest absolute Gasteiger partial charge is 0.479 e. The van der Waals surface area contributed by atoms with E-state index in [4.69, 9.17) is 16.3 Å². The highest BCUT2D eigenvalue weighted by atomic mass is 79.9. The Bertz CT molecular complexity index is 921. The molecule has 0 bridgehead atoms. The monoisotopic (exact) mass is 493 g/mol.